The molecule has 0 unspecified atom stereocenters. The zero-order valence-corrected chi connectivity index (χ0v) is 9.74. The number of hydrogen-bond acceptors (Lipinski definition) is 2. The molecule has 1 aromatic carbocycles. The standard InChI is InChI=1S/C13H12ClNO/c1-9-6-12(8-15)16-13(7-9)10-2-4-11(14)5-3-10/h2-6,9,13H,7H2,1H3/t9-,13+/m0/s1. The summed E-state index contributed by atoms with van der Waals surface area (Å²) < 4.78 is 5.59. The van der Waals surface area contributed by atoms with E-state index in [2.05, 4.69) is 13.0 Å². The van der Waals surface area contributed by atoms with Gasteiger partial charge in [0.1, 0.15) is 12.2 Å². The van der Waals surface area contributed by atoms with E-state index in [4.69, 9.17) is 21.6 Å². The van der Waals surface area contributed by atoms with Gasteiger partial charge in [0, 0.05) is 5.02 Å². The molecule has 0 spiro atoms. The predicted molar refractivity (Wildman–Crippen MR) is 62.8 cm³/mol. The second-order valence-electron chi connectivity index (χ2n) is 4.01. The van der Waals surface area contributed by atoms with Crippen LogP contribution in [0.25, 0.3) is 0 Å². The highest BCUT2D eigenvalue weighted by atomic mass is 35.5. The van der Waals surface area contributed by atoms with E-state index in [0.717, 1.165) is 12.0 Å². The van der Waals surface area contributed by atoms with Gasteiger partial charge in [0.2, 0.25) is 0 Å². The third kappa shape index (κ3) is 2.37. The molecule has 1 heterocycles. The summed E-state index contributed by atoms with van der Waals surface area (Å²) in [5, 5.41) is 9.56. The molecule has 0 amide bonds. The molecule has 1 aliphatic heterocycles. The summed E-state index contributed by atoms with van der Waals surface area (Å²) in [6.45, 7) is 2.09. The highest BCUT2D eigenvalue weighted by Crippen LogP contribution is 2.33. The zero-order chi connectivity index (χ0) is 11.5. The van der Waals surface area contributed by atoms with Crippen molar-refractivity contribution >= 4 is 11.6 Å². The molecule has 3 heteroatoms. The average molecular weight is 234 g/mol. The third-order valence-electron chi connectivity index (χ3n) is 2.64. The van der Waals surface area contributed by atoms with Gasteiger partial charge in [0.15, 0.2) is 5.76 Å². The fraction of sp³-hybridized carbons (Fsp3) is 0.308. The lowest BCUT2D eigenvalue weighted by Crippen LogP contribution is -2.13. The average Bonchev–Trinajstić information content (AvgIpc) is 2.29. The largest absolute Gasteiger partial charge is 0.476 e. The van der Waals surface area contributed by atoms with Crippen LogP contribution in [0, 0.1) is 17.2 Å². The van der Waals surface area contributed by atoms with E-state index >= 15 is 0 Å². The van der Waals surface area contributed by atoms with Gasteiger partial charge in [-0.15, -0.1) is 0 Å². The topological polar surface area (TPSA) is 33.0 Å². The minimum atomic E-state index is -0.0353. The van der Waals surface area contributed by atoms with Gasteiger partial charge in [-0.1, -0.05) is 30.7 Å². The second kappa shape index (κ2) is 4.59. The van der Waals surface area contributed by atoms with Crippen LogP contribution >= 0.6 is 11.6 Å². The molecule has 0 aromatic heterocycles. The molecule has 0 saturated heterocycles. The summed E-state index contributed by atoms with van der Waals surface area (Å²) >= 11 is 5.83. The second-order valence-corrected chi connectivity index (χ2v) is 4.45. The van der Waals surface area contributed by atoms with E-state index in [-0.39, 0.29) is 6.10 Å². The Balaban J connectivity index is 2.21. The fourth-order valence-corrected chi connectivity index (χ4v) is 1.98. The van der Waals surface area contributed by atoms with E-state index in [1.54, 1.807) is 0 Å². The predicted octanol–water partition coefficient (Wildman–Crippen LogP) is 3.84. The van der Waals surface area contributed by atoms with E-state index in [0.29, 0.717) is 16.7 Å². The maximum absolute atomic E-state index is 8.85. The Kier molecular flexibility index (Phi) is 3.17. The van der Waals surface area contributed by atoms with Gasteiger partial charge in [-0.2, -0.15) is 5.26 Å². The van der Waals surface area contributed by atoms with Crippen molar-refractivity contribution in [3.63, 3.8) is 0 Å². The molecule has 2 atom stereocenters. The normalized spacial score (nSPS) is 24.2. The lowest BCUT2D eigenvalue weighted by Gasteiger charge is -2.25. The zero-order valence-electron chi connectivity index (χ0n) is 8.98. The van der Waals surface area contributed by atoms with Crippen molar-refractivity contribution in [2.45, 2.75) is 19.4 Å². The van der Waals surface area contributed by atoms with Crippen molar-refractivity contribution in [3.05, 3.63) is 46.7 Å². The van der Waals surface area contributed by atoms with Gasteiger partial charge in [0.05, 0.1) is 0 Å². The first-order valence-corrected chi connectivity index (χ1v) is 5.61. The first kappa shape index (κ1) is 11.0. The smallest absolute Gasteiger partial charge is 0.193 e. The molecule has 0 aliphatic carbocycles. The Bertz CT molecular complexity index is 444. The quantitative estimate of drug-likeness (QED) is 0.738. The molecule has 1 aliphatic rings. The van der Waals surface area contributed by atoms with Crippen molar-refractivity contribution in [2.24, 2.45) is 5.92 Å². The number of ether oxygens (including phenoxy) is 1. The van der Waals surface area contributed by atoms with Gasteiger partial charge < -0.3 is 4.74 Å². The molecular formula is C13H12ClNO. The summed E-state index contributed by atoms with van der Waals surface area (Å²) in [6.07, 6.45) is 2.73. The molecule has 0 fully saturated rings. The Morgan fingerprint density at radius 3 is 2.69 bits per heavy atom. The number of hydrogen-bond donors (Lipinski definition) is 0. The van der Waals surface area contributed by atoms with Gasteiger partial charge >= 0.3 is 0 Å². The van der Waals surface area contributed by atoms with Crippen LogP contribution in [0.15, 0.2) is 36.1 Å². The maximum Gasteiger partial charge on any atom is 0.193 e. The summed E-state index contributed by atoms with van der Waals surface area (Å²) in [5.74, 6) is 0.780. The number of nitriles is 1. The molecule has 82 valence electrons. The summed E-state index contributed by atoms with van der Waals surface area (Å²) in [5.41, 5.74) is 1.07. The van der Waals surface area contributed by atoms with E-state index in [1.807, 2.05) is 30.3 Å². The fourth-order valence-electron chi connectivity index (χ4n) is 1.85. The first-order valence-electron chi connectivity index (χ1n) is 5.23. The summed E-state index contributed by atoms with van der Waals surface area (Å²) in [6, 6.07) is 9.63. The van der Waals surface area contributed by atoms with Crippen molar-refractivity contribution in [1.29, 1.82) is 5.26 Å². The minimum Gasteiger partial charge on any atom is -0.476 e. The number of rotatable bonds is 1. The van der Waals surface area contributed by atoms with Crippen LogP contribution in [-0.4, -0.2) is 0 Å². The Morgan fingerprint density at radius 1 is 1.38 bits per heavy atom. The van der Waals surface area contributed by atoms with Crippen LogP contribution in [0.4, 0.5) is 0 Å². The summed E-state index contributed by atoms with van der Waals surface area (Å²) in [4.78, 5) is 0. The Hall–Kier alpha value is -1.46. The van der Waals surface area contributed by atoms with Crippen molar-refractivity contribution in [3.8, 4) is 6.07 Å². The molecule has 2 nitrogen and oxygen atoms in total. The van der Waals surface area contributed by atoms with E-state index in [9.17, 15) is 0 Å². The molecule has 2 rings (SSSR count). The van der Waals surface area contributed by atoms with Crippen LogP contribution in [0.1, 0.15) is 25.0 Å². The van der Waals surface area contributed by atoms with Gasteiger partial charge in [-0.05, 0) is 36.1 Å². The van der Waals surface area contributed by atoms with Crippen molar-refractivity contribution < 1.29 is 4.74 Å². The van der Waals surface area contributed by atoms with Crippen LogP contribution < -0.4 is 0 Å². The number of allylic oxidation sites excluding steroid dienone is 2. The van der Waals surface area contributed by atoms with E-state index in [1.165, 1.54) is 0 Å². The first-order chi connectivity index (χ1) is 7.69. The maximum atomic E-state index is 8.85. The van der Waals surface area contributed by atoms with Crippen LogP contribution in [0.5, 0.6) is 0 Å². The van der Waals surface area contributed by atoms with Gasteiger partial charge in [-0.3, -0.25) is 0 Å². The highest BCUT2D eigenvalue weighted by Gasteiger charge is 2.22. The van der Waals surface area contributed by atoms with Gasteiger partial charge in [-0.25, -0.2) is 0 Å². The molecule has 1 aromatic rings. The van der Waals surface area contributed by atoms with Crippen molar-refractivity contribution in [2.75, 3.05) is 0 Å². The molecular weight excluding hydrogens is 222 g/mol. The Labute approximate surface area is 100 Å². The molecule has 0 saturated carbocycles. The number of benzene rings is 1. The molecule has 0 bridgehead atoms. The monoisotopic (exact) mass is 233 g/mol. The lowest BCUT2D eigenvalue weighted by molar-refractivity contribution is 0.0923. The minimum absolute atomic E-state index is 0.0353. The number of nitrogens with zero attached hydrogens (tertiary/aromatic N) is 1. The molecule has 16 heavy (non-hydrogen) atoms. The SMILES string of the molecule is C[C@H]1C=C(C#N)O[C@@H](c2ccc(Cl)cc2)C1. The van der Waals surface area contributed by atoms with Crippen LogP contribution in [0.3, 0.4) is 0 Å². The lowest BCUT2D eigenvalue weighted by atomic mass is 9.95. The Morgan fingerprint density at radius 2 is 2.06 bits per heavy atom. The molecule has 0 N–H and O–H groups in total. The summed E-state index contributed by atoms with van der Waals surface area (Å²) in [7, 11) is 0. The van der Waals surface area contributed by atoms with Gasteiger partial charge in [0.25, 0.3) is 0 Å². The third-order valence-corrected chi connectivity index (χ3v) is 2.89. The number of halogens is 1. The van der Waals surface area contributed by atoms with Crippen LogP contribution in [-0.2, 0) is 4.74 Å². The molecule has 0 radical (unpaired) electrons. The van der Waals surface area contributed by atoms with E-state index < -0.39 is 0 Å². The van der Waals surface area contributed by atoms with Crippen LogP contribution in [0.2, 0.25) is 5.02 Å². The van der Waals surface area contributed by atoms with Crippen molar-refractivity contribution in [1.82, 2.24) is 0 Å². The highest BCUT2D eigenvalue weighted by molar-refractivity contribution is 6.30.